The molecule has 21 heavy (non-hydrogen) atoms. The fourth-order valence-corrected chi connectivity index (χ4v) is 3.79. The highest BCUT2D eigenvalue weighted by atomic mass is 32.2. The van der Waals surface area contributed by atoms with Gasteiger partial charge in [0.15, 0.2) is 15.0 Å². The van der Waals surface area contributed by atoms with E-state index in [1.807, 2.05) is 18.2 Å². The first-order valence-electron chi connectivity index (χ1n) is 6.49. The van der Waals surface area contributed by atoms with E-state index >= 15 is 0 Å². The molecule has 0 radical (unpaired) electrons. The molecule has 112 valence electrons. The standard InChI is InChI=1S/C14H16N2O3S2/c17-13(16-14-15-8-9-20-14)7-4-10-21(18,19)11-12-5-2-1-3-6-12/h1-3,5-6,8-9H,4,7,10-11H2,(H,15,16,17). The van der Waals surface area contributed by atoms with Crippen molar-refractivity contribution >= 4 is 32.2 Å². The SMILES string of the molecule is O=C(CCCS(=O)(=O)Cc1ccccc1)Nc1nccs1. The molecule has 0 atom stereocenters. The largest absolute Gasteiger partial charge is 0.302 e. The summed E-state index contributed by atoms with van der Waals surface area (Å²) in [7, 11) is -3.19. The molecule has 0 bridgehead atoms. The van der Waals surface area contributed by atoms with Gasteiger partial charge in [0.1, 0.15) is 0 Å². The van der Waals surface area contributed by atoms with E-state index in [0.29, 0.717) is 11.6 Å². The van der Waals surface area contributed by atoms with Crippen LogP contribution in [0.5, 0.6) is 0 Å². The summed E-state index contributed by atoms with van der Waals surface area (Å²) in [5.74, 6) is -0.186. The molecule has 1 heterocycles. The molecule has 7 heteroatoms. The lowest BCUT2D eigenvalue weighted by Crippen LogP contribution is -2.15. The number of carbonyl (C=O) groups is 1. The van der Waals surface area contributed by atoms with Crippen LogP contribution < -0.4 is 5.32 Å². The Morgan fingerprint density at radius 1 is 1.24 bits per heavy atom. The van der Waals surface area contributed by atoms with Crippen molar-refractivity contribution in [1.29, 1.82) is 0 Å². The number of hydrogen-bond acceptors (Lipinski definition) is 5. The quantitative estimate of drug-likeness (QED) is 0.849. The molecule has 1 aromatic heterocycles. The highest BCUT2D eigenvalue weighted by Crippen LogP contribution is 2.12. The van der Waals surface area contributed by atoms with Crippen molar-refractivity contribution in [2.75, 3.05) is 11.1 Å². The Morgan fingerprint density at radius 2 is 2.00 bits per heavy atom. The summed E-state index contributed by atoms with van der Waals surface area (Å²) >= 11 is 1.33. The second kappa shape index (κ2) is 7.33. The van der Waals surface area contributed by atoms with Crippen LogP contribution in [0.15, 0.2) is 41.9 Å². The molecule has 0 aliphatic heterocycles. The van der Waals surface area contributed by atoms with Gasteiger partial charge in [-0.05, 0) is 12.0 Å². The van der Waals surface area contributed by atoms with Gasteiger partial charge in [0.05, 0.1) is 11.5 Å². The van der Waals surface area contributed by atoms with E-state index in [0.717, 1.165) is 5.56 Å². The van der Waals surface area contributed by atoms with Gasteiger partial charge in [-0.25, -0.2) is 13.4 Å². The minimum Gasteiger partial charge on any atom is -0.302 e. The van der Waals surface area contributed by atoms with Crippen molar-refractivity contribution in [3.8, 4) is 0 Å². The number of carbonyl (C=O) groups excluding carboxylic acids is 1. The molecule has 2 rings (SSSR count). The first-order valence-corrected chi connectivity index (χ1v) is 9.19. The maximum Gasteiger partial charge on any atom is 0.226 e. The maximum absolute atomic E-state index is 12.0. The van der Waals surface area contributed by atoms with E-state index in [4.69, 9.17) is 0 Å². The summed E-state index contributed by atoms with van der Waals surface area (Å²) < 4.78 is 23.9. The number of benzene rings is 1. The minimum atomic E-state index is -3.19. The molecule has 1 aromatic carbocycles. The molecule has 0 aliphatic carbocycles. The Bertz CT molecular complexity index is 668. The summed E-state index contributed by atoms with van der Waals surface area (Å²) in [6.07, 6.45) is 2.09. The van der Waals surface area contributed by atoms with E-state index < -0.39 is 9.84 Å². The monoisotopic (exact) mass is 324 g/mol. The van der Waals surface area contributed by atoms with Gasteiger partial charge in [0.2, 0.25) is 5.91 Å². The number of rotatable bonds is 7. The fourth-order valence-electron chi connectivity index (χ4n) is 1.82. The van der Waals surface area contributed by atoms with Gasteiger partial charge >= 0.3 is 0 Å². The molecule has 0 saturated heterocycles. The third-order valence-electron chi connectivity index (χ3n) is 2.77. The van der Waals surface area contributed by atoms with E-state index in [9.17, 15) is 13.2 Å². The maximum atomic E-state index is 12.0. The molecule has 1 N–H and O–H groups in total. The number of aromatic nitrogens is 1. The van der Waals surface area contributed by atoms with Gasteiger partial charge in [-0.3, -0.25) is 4.79 Å². The van der Waals surface area contributed by atoms with E-state index in [2.05, 4.69) is 10.3 Å². The van der Waals surface area contributed by atoms with Crippen LogP contribution in [0, 0.1) is 0 Å². The molecular formula is C14H16N2O3S2. The summed E-state index contributed by atoms with van der Waals surface area (Å²) in [6.45, 7) is 0. The Labute approximate surface area is 128 Å². The highest BCUT2D eigenvalue weighted by Gasteiger charge is 2.13. The molecule has 0 aliphatic rings. The molecule has 0 spiro atoms. The predicted molar refractivity (Wildman–Crippen MR) is 83.9 cm³/mol. The highest BCUT2D eigenvalue weighted by molar-refractivity contribution is 7.90. The number of nitrogens with one attached hydrogen (secondary N) is 1. The second-order valence-corrected chi connectivity index (χ2v) is 7.65. The minimum absolute atomic E-state index is 0.00713. The Morgan fingerprint density at radius 3 is 2.67 bits per heavy atom. The van der Waals surface area contributed by atoms with Crippen molar-refractivity contribution in [1.82, 2.24) is 4.98 Å². The summed E-state index contributed by atoms with van der Waals surface area (Å²) in [6, 6.07) is 9.04. The normalized spacial score (nSPS) is 11.2. The first kappa shape index (κ1) is 15.7. The van der Waals surface area contributed by atoms with Gasteiger partial charge in [-0.15, -0.1) is 11.3 Å². The Balaban J connectivity index is 1.75. The number of hydrogen-bond donors (Lipinski definition) is 1. The molecule has 2 aromatic rings. The van der Waals surface area contributed by atoms with Crippen LogP contribution in [0.4, 0.5) is 5.13 Å². The Hall–Kier alpha value is -1.73. The van der Waals surface area contributed by atoms with Crippen molar-refractivity contribution in [3.05, 3.63) is 47.5 Å². The van der Waals surface area contributed by atoms with E-state index in [1.165, 1.54) is 11.3 Å². The smallest absolute Gasteiger partial charge is 0.226 e. The summed E-state index contributed by atoms with van der Waals surface area (Å²) in [5, 5.41) is 4.93. The van der Waals surface area contributed by atoms with Gasteiger partial charge in [0.25, 0.3) is 0 Å². The van der Waals surface area contributed by atoms with Gasteiger partial charge in [-0.2, -0.15) is 0 Å². The van der Waals surface area contributed by atoms with Crippen LogP contribution in [0.3, 0.4) is 0 Å². The van der Waals surface area contributed by atoms with Crippen LogP contribution in [-0.4, -0.2) is 25.1 Å². The van der Waals surface area contributed by atoms with Gasteiger partial charge < -0.3 is 5.32 Å². The van der Waals surface area contributed by atoms with Crippen LogP contribution in [0.1, 0.15) is 18.4 Å². The molecule has 1 amide bonds. The van der Waals surface area contributed by atoms with E-state index in [-0.39, 0.29) is 23.8 Å². The summed E-state index contributed by atoms with van der Waals surface area (Å²) in [4.78, 5) is 15.6. The van der Waals surface area contributed by atoms with Gasteiger partial charge in [0, 0.05) is 18.0 Å². The second-order valence-electron chi connectivity index (χ2n) is 4.57. The number of thiazole rings is 1. The number of nitrogens with zero attached hydrogens (tertiary/aromatic N) is 1. The van der Waals surface area contributed by atoms with Crippen molar-refractivity contribution in [3.63, 3.8) is 0 Å². The van der Waals surface area contributed by atoms with Crippen LogP contribution in [0.25, 0.3) is 0 Å². The first-order chi connectivity index (χ1) is 10.1. The van der Waals surface area contributed by atoms with Gasteiger partial charge in [-0.1, -0.05) is 30.3 Å². The zero-order valence-electron chi connectivity index (χ0n) is 11.4. The van der Waals surface area contributed by atoms with Crippen molar-refractivity contribution < 1.29 is 13.2 Å². The lowest BCUT2D eigenvalue weighted by molar-refractivity contribution is -0.116. The molecule has 0 fully saturated rings. The summed E-state index contributed by atoms with van der Waals surface area (Å²) in [5.41, 5.74) is 0.768. The molecule has 5 nitrogen and oxygen atoms in total. The van der Waals surface area contributed by atoms with Crippen molar-refractivity contribution in [2.24, 2.45) is 0 Å². The molecule has 0 unspecified atom stereocenters. The number of amides is 1. The predicted octanol–water partition coefficient (Wildman–Crippen LogP) is 2.48. The van der Waals surface area contributed by atoms with E-state index in [1.54, 1.807) is 23.7 Å². The average molecular weight is 324 g/mol. The lowest BCUT2D eigenvalue weighted by atomic mass is 10.2. The van der Waals surface area contributed by atoms with Crippen LogP contribution >= 0.6 is 11.3 Å². The van der Waals surface area contributed by atoms with Crippen molar-refractivity contribution in [2.45, 2.75) is 18.6 Å². The van der Waals surface area contributed by atoms with Crippen LogP contribution in [-0.2, 0) is 20.4 Å². The third kappa shape index (κ3) is 5.65. The third-order valence-corrected chi connectivity index (χ3v) is 5.14. The average Bonchev–Trinajstić information content (AvgIpc) is 2.91. The van der Waals surface area contributed by atoms with Crippen LogP contribution in [0.2, 0.25) is 0 Å². The Kier molecular flexibility index (Phi) is 5.46. The topological polar surface area (TPSA) is 76.1 Å². The molecule has 0 saturated carbocycles. The number of anilines is 1. The molecular weight excluding hydrogens is 308 g/mol. The zero-order valence-corrected chi connectivity index (χ0v) is 13.0. The number of sulfone groups is 1. The lowest BCUT2D eigenvalue weighted by Gasteiger charge is -2.05. The fraction of sp³-hybridized carbons (Fsp3) is 0.286. The zero-order chi connectivity index (χ0) is 15.1.